The molecule has 1 fully saturated rings. The molecule has 0 unspecified atom stereocenters. The fourth-order valence-electron chi connectivity index (χ4n) is 1.61. The number of hydrogen-bond donors (Lipinski definition) is 1. The largest absolute Gasteiger partial charge is 0.393 e. The molecule has 0 heterocycles. The summed E-state index contributed by atoms with van der Waals surface area (Å²) in [6.45, 7) is 5.96. The van der Waals surface area contributed by atoms with E-state index in [4.69, 9.17) is 0 Å². The summed E-state index contributed by atoms with van der Waals surface area (Å²) >= 11 is 0. The van der Waals surface area contributed by atoms with Crippen molar-refractivity contribution in [3.8, 4) is 0 Å². The minimum Gasteiger partial charge on any atom is -0.393 e. The van der Waals surface area contributed by atoms with Crippen molar-refractivity contribution in [2.75, 3.05) is 0 Å². The Kier molecular flexibility index (Phi) is 2.50. The lowest BCUT2D eigenvalue weighted by Gasteiger charge is -2.25. The zero-order valence-electron chi connectivity index (χ0n) is 6.64. The smallest absolute Gasteiger partial charge is 0.0546 e. The molecule has 0 bridgehead atoms. The Morgan fingerprint density at radius 1 is 1.50 bits per heavy atom. The molecule has 10 heavy (non-hydrogen) atoms. The summed E-state index contributed by atoms with van der Waals surface area (Å²) in [6, 6.07) is 0. The van der Waals surface area contributed by atoms with Gasteiger partial charge in [0.05, 0.1) is 6.10 Å². The van der Waals surface area contributed by atoms with Gasteiger partial charge in [0.1, 0.15) is 0 Å². The Labute approximate surface area is 62.8 Å². The van der Waals surface area contributed by atoms with Crippen LogP contribution in [0, 0.1) is 5.92 Å². The van der Waals surface area contributed by atoms with Gasteiger partial charge in [0, 0.05) is 0 Å². The Morgan fingerprint density at radius 2 is 2.20 bits per heavy atom. The number of aliphatic hydroxyl groups excluding tert-OH is 1. The third kappa shape index (κ3) is 1.84. The summed E-state index contributed by atoms with van der Waals surface area (Å²) in [5, 5.41) is 9.29. The molecule has 0 amide bonds. The van der Waals surface area contributed by atoms with Crippen LogP contribution in [0.2, 0.25) is 0 Å². The van der Waals surface area contributed by atoms with E-state index in [2.05, 4.69) is 13.5 Å². The molecule has 58 valence electrons. The van der Waals surface area contributed by atoms with Gasteiger partial charge in [-0.05, 0) is 32.1 Å². The molecule has 0 spiro atoms. The second kappa shape index (κ2) is 3.20. The molecule has 0 aromatic rings. The fraction of sp³-hybridized carbons (Fsp3) is 0.778. The van der Waals surface area contributed by atoms with Gasteiger partial charge in [0.15, 0.2) is 0 Å². The van der Waals surface area contributed by atoms with Gasteiger partial charge in [0.2, 0.25) is 0 Å². The maximum Gasteiger partial charge on any atom is 0.0546 e. The molecular weight excluding hydrogens is 124 g/mol. The first-order valence-corrected chi connectivity index (χ1v) is 4.03. The first-order valence-electron chi connectivity index (χ1n) is 4.03. The van der Waals surface area contributed by atoms with E-state index >= 15 is 0 Å². The standard InChI is InChI=1S/C9H16O/c1-7(2)8-4-3-5-9(10)6-8/h8-10H,1,3-6H2,2H3/t8-,9-/m1/s1. The second-order valence-corrected chi connectivity index (χ2v) is 3.36. The van der Waals surface area contributed by atoms with Gasteiger partial charge in [0.25, 0.3) is 0 Å². The highest BCUT2D eigenvalue weighted by Gasteiger charge is 2.19. The predicted molar refractivity (Wildman–Crippen MR) is 42.8 cm³/mol. The van der Waals surface area contributed by atoms with Crippen LogP contribution in [0.5, 0.6) is 0 Å². The van der Waals surface area contributed by atoms with Crippen LogP contribution in [0.1, 0.15) is 32.6 Å². The van der Waals surface area contributed by atoms with Crippen molar-refractivity contribution >= 4 is 0 Å². The number of allylic oxidation sites excluding steroid dienone is 1. The zero-order valence-corrected chi connectivity index (χ0v) is 6.64. The highest BCUT2D eigenvalue weighted by atomic mass is 16.3. The van der Waals surface area contributed by atoms with E-state index in [1.165, 1.54) is 18.4 Å². The van der Waals surface area contributed by atoms with E-state index in [0.717, 1.165) is 12.8 Å². The summed E-state index contributed by atoms with van der Waals surface area (Å²) < 4.78 is 0. The van der Waals surface area contributed by atoms with Crippen LogP contribution in [0.3, 0.4) is 0 Å². The van der Waals surface area contributed by atoms with Crippen molar-refractivity contribution in [1.82, 2.24) is 0 Å². The van der Waals surface area contributed by atoms with Crippen molar-refractivity contribution in [1.29, 1.82) is 0 Å². The first kappa shape index (κ1) is 7.80. The predicted octanol–water partition coefficient (Wildman–Crippen LogP) is 2.11. The number of rotatable bonds is 1. The van der Waals surface area contributed by atoms with E-state index in [1.807, 2.05) is 0 Å². The van der Waals surface area contributed by atoms with Gasteiger partial charge < -0.3 is 5.11 Å². The lowest BCUT2D eigenvalue weighted by Crippen LogP contribution is -2.19. The highest BCUT2D eigenvalue weighted by molar-refractivity contribution is 4.98. The normalized spacial score (nSPS) is 33.8. The Balaban J connectivity index is 2.39. The number of hydrogen-bond acceptors (Lipinski definition) is 1. The van der Waals surface area contributed by atoms with E-state index < -0.39 is 0 Å². The molecule has 1 nitrogen and oxygen atoms in total. The van der Waals surface area contributed by atoms with Crippen LogP contribution < -0.4 is 0 Å². The van der Waals surface area contributed by atoms with Gasteiger partial charge in [-0.15, -0.1) is 0 Å². The van der Waals surface area contributed by atoms with Gasteiger partial charge >= 0.3 is 0 Å². The minimum atomic E-state index is -0.0598. The van der Waals surface area contributed by atoms with E-state index in [9.17, 15) is 5.11 Å². The second-order valence-electron chi connectivity index (χ2n) is 3.36. The molecule has 1 aliphatic carbocycles. The van der Waals surface area contributed by atoms with Crippen LogP contribution in [-0.4, -0.2) is 11.2 Å². The molecule has 1 aliphatic rings. The lowest BCUT2D eigenvalue weighted by molar-refractivity contribution is 0.110. The molecule has 0 aromatic carbocycles. The Morgan fingerprint density at radius 3 is 2.60 bits per heavy atom. The first-order chi connectivity index (χ1) is 4.70. The van der Waals surface area contributed by atoms with Gasteiger partial charge in [-0.3, -0.25) is 0 Å². The van der Waals surface area contributed by atoms with Crippen LogP contribution >= 0.6 is 0 Å². The van der Waals surface area contributed by atoms with E-state index in [-0.39, 0.29) is 6.10 Å². The summed E-state index contributed by atoms with van der Waals surface area (Å²) in [7, 11) is 0. The monoisotopic (exact) mass is 140 g/mol. The molecule has 0 saturated heterocycles. The summed E-state index contributed by atoms with van der Waals surface area (Å²) in [4.78, 5) is 0. The quantitative estimate of drug-likeness (QED) is 0.553. The molecule has 0 aromatic heterocycles. The molecular formula is C9H16O. The molecule has 2 atom stereocenters. The van der Waals surface area contributed by atoms with Crippen molar-refractivity contribution in [3.05, 3.63) is 12.2 Å². The average molecular weight is 140 g/mol. The molecule has 1 rings (SSSR count). The van der Waals surface area contributed by atoms with Crippen LogP contribution in [0.25, 0.3) is 0 Å². The fourth-order valence-corrected chi connectivity index (χ4v) is 1.61. The third-order valence-electron chi connectivity index (χ3n) is 2.34. The molecule has 0 radical (unpaired) electrons. The van der Waals surface area contributed by atoms with Gasteiger partial charge in [-0.25, -0.2) is 0 Å². The van der Waals surface area contributed by atoms with Crippen molar-refractivity contribution in [2.45, 2.75) is 38.7 Å². The van der Waals surface area contributed by atoms with Crippen molar-refractivity contribution < 1.29 is 5.11 Å². The number of aliphatic hydroxyl groups is 1. The van der Waals surface area contributed by atoms with Gasteiger partial charge in [-0.2, -0.15) is 0 Å². The zero-order chi connectivity index (χ0) is 7.56. The van der Waals surface area contributed by atoms with Crippen LogP contribution in [0.15, 0.2) is 12.2 Å². The molecule has 1 saturated carbocycles. The summed E-state index contributed by atoms with van der Waals surface area (Å²) in [5.74, 6) is 0.587. The van der Waals surface area contributed by atoms with Gasteiger partial charge in [-0.1, -0.05) is 18.6 Å². The van der Waals surface area contributed by atoms with E-state index in [0.29, 0.717) is 5.92 Å². The maximum absolute atomic E-state index is 9.29. The maximum atomic E-state index is 9.29. The minimum absolute atomic E-state index is 0.0598. The third-order valence-corrected chi connectivity index (χ3v) is 2.34. The summed E-state index contributed by atoms with van der Waals surface area (Å²) in [6.07, 6.45) is 4.26. The molecule has 1 N–H and O–H groups in total. The van der Waals surface area contributed by atoms with Crippen molar-refractivity contribution in [2.24, 2.45) is 5.92 Å². The average Bonchev–Trinajstić information content (AvgIpc) is 1.88. The molecule has 1 heteroatoms. The Bertz CT molecular complexity index is 129. The van der Waals surface area contributed by atoms with Crippen LogP contribution in [0.4, 0.5) is 0 Å². The highest BCUT2D eigenvalue weighted by Crippen LogP contribution is 2.28. The lowest BCUT2D eigenvalue weighted by atomic mass is 9.83. The topological polar surface area (TPSA) is 20.2 Å². The van der Waals surface area contributed by atoms with Crippen LogP contribution in [-0.2, 0) is 0 Å². The van der Waals surface area contributed by atoms with E-state index in [1.54, 1.807) is 0 Å². The Hall–Kier alpha value is -0.300. The molecule has 0 aliphatic heterocycles. The van der Waals surface area contributed by atoms with Crippen molar-refractivity contribution in [3.63, 3.8) is 0 Å². The summed E-state index contributed by atoms with van der Waals surface area (Å²) in [5.41, 5.74) is 1.23. The SMILES string of the molecule is C=C(C)[C@@H]1CCC[C@@H](O)C1.